The Morgan fingerprint density at radius 2 is 1.96 bits per heavy atom. The molecule has 1 aliphatic rings. The largest absolute Gasteiger partial charge is 0.493 e. The minimum atomic E-state index is 0. The molecule has 4 nitrogen and oxygen atoms in total. The highest BCUT2D eigenvalue weighted by Gasteiger charge is 2.07. The Morgan fingerprint density at radius 1 is 1.11 bits per heavy atom. The zero-order valence-corrected chi connectivity index (χ0v) is 17.8. The van der Waals surface area contributed by atoms with Crippen LogP contribution in [0.4, 0.5) is 0 Å². The summed E-state index contributed by atoms with van der Waals surface area (Å²) in [6, 6.07) is 9.73. The molecular weight excluding hydrogens is 395 g/mol. The number of hydrogen-bond acceptors (Lipinski definition) is 4. The third kappa shape index (κ3) is 7.01. The van der Waals surface area contributed by atoms with Gasteiger partial charge in [0.1, 0.15) is 11.8 Å². The molecule has 0 bridgehead atoms. The summed E-state index contributed by atoms with van der Waals surface area (Å²) in [6.45, 7) is 2.26. The van der Waals surface area contributed by atoms with Gasteiger partial charge in [0.25, 0.3) is 0 Å². The third-order valence-corrected chi connectivity index (χ3v) is 4.97. The first-order valence-electron chi connectivity index (χ1n) is 9.53. The SMILES string of the molecule is COc1cc(CNCCC2=CCCCC2)ccc1OCc1ccc(Cl)nc1.Cl. The molecule has 2 aromatic rings. The van der Waals surface area contributed by atoms with Crippen molar-refractivity contribution in [2.45, 2.75) is 45.3 Å². The van der Waals surface area contributed by atoms with Gasteiger partial charge in [-0.15, -0.1) is 12.4 Å². The van der Waals surface area contributed by atoms with Gasteiger partial charge in [0.15, 0.2) is 11.5 Å². The van der Waals surface area contributed by atoms with Crippen LogP contribution >= 0.6 is 24.0 Å². The van der Waals surface area contributed by atoms with E-state index in [4.69, 9.17) is 21.1 Å². The molecule has 1 aliphatic carbocycles. The van der Waals surface area contributed by atoms with Gasteiger partial charge in [-0.3, -0.25) is 0 Å². The van der Waals surface area contributed by atoms with E-state index in [0.717, 1.165) is 36.6 Å². The van der Waals surface area contributed by atoms with Crippen LogP contribution in [0.3, 0.4) is 0 Å². The van der Waals surface area contributed by atoms with Crippen LogP contribution in [0.5, 0.6) is 11.5 Å². The van der Waals surface area contributed by atoms with Gasteiger partial charge in [-0.05, 0) is 62.4 Å². The summed E-state index contributed by atoms with van der Waals surface area (Å²) in [4.78, 5) is 4.07. The lowest BCUT2D eigenvalue weighted by Crippen LogP contribution is -2.15. The van der Waals surface area contributed by atoms with E-state index in [9.17, 15) is 0 Å². The van der Waals surface area contributed by atoms with E-state index >= 15 is 0 Å². The van der Waals surface area contributed by atoms with Crippen LogP contribution in [-0.2, 0) is 13.2 Å². The molecule has 0 fully saturated rings. The molecule has 0 saturated carbocycles. The zero-order chi connectivity index (χ0) is 18.9. The van der Waals surface area contributed by atoms with Gasteiger partial charge >= 0.3 is 0 Å². The van der Waals surface area contributed by atoms with Crippen LogP contribution in [0.1, 0.15) is 43.2 Å². The molecule has 0 amide bonds. The maximum atomic E-state index is 5.88. The molecule has 0 unspecified atom stereocenters. The number of nitrogens with one attached hydrogen (secondary N) is 1. The number of ether oxygens (including phenoxy) is 2. The summed E-state index contributed by atoms with van der Waals surface area (Å²) >= 11 is 5.81. The minimum Gasteiger partial charge on any atom is -0.493 e. The van der Waals surface area contributed by atoms with Gasteiger partial charge in [0, 0.05) is 18.3 Å². The lowest BCUT2D eigenvalue weighted by Gasteiger charge is -2.14. The van der Waals surface area contributed by atoms with Crippen molar-refractivity contribution in [3.05, 3.63) is 64.5 Å². The summed E-state index contributed by atoms with van der Waals surface area (Å²) < 4.78 is 11.4. The van der Waals surface area contributed by atoms with Gasteiger partial charge in [-0.2, -0.15) is 0 Å². The number of aromatic nitrogens is 1. The number of pyridine rings is 1. The lowest BCUT2D eigenvalue weighted by molar-refractivity contribution is 0.284. The maximum Gasteiger partial charge on any atom is 0.161 e. The molecule has 0 saturated heterocycles. The van der Waals surface area contributed by atoms with E-state index in [0.29, 0.717) is 11.8 Å². The number of allylic oxidation sites excluding steroid dienone is 1. The van der Waals surface area contributed by atoms with Crippen LogP contribution in [0.2, 0.25) is 5.15 Å². The highest BCUT2D eigenvalue weighted by Crippen LogP contribution is 2.29. The van der Waals surface area contributed by atoms with Crippen LogP contribution < -0.4 is 14.8 Å². The Balaban J connectivity index is 0.00000280. The van der Waals surface area contributed by atoms with Crippen molar-refractivity contribution in [2.24, 2.45) is 0 Å². The summed E-state index contributed by atoms with van der Waals surface area (Å²) in [6.07, 6.45) is 10.5. The second kappa shape index (κ2) is 11.9. The fourth-order valence-corrected chi connectivity index (χ4v) is 3.32. The van der Waals surface area contributed by atoms with E-state index in [1.165, 1.54) is 31.2 Å². The monoisotopic (exact) mass is 422 g/mol. The molecule has 0 spiro atoms. The van der Waals surface area contributed by atoms with Crippen LogP contribution in [0.15, 0.2) is 48.2 Å². The molecule has 0 atom stereocenters. The van der Waals surface area contributed by atoms with Crippen molar-refractivity contribution in [3.63, 3.8) is 0 Å². The number of halogens is 2. The molecule has 6 heteroatoms. The highest BCUT2D eigenvalue weighted by atomic mass is 35.5. The fraction of sp³-hybridized carbons (Fsp3) is 0.409. The molecular formula is C22H28Cl2N2O2. The lowest BCUT2D eigenvalue weighted by atomic mass is 9.97. The topological polar surface area (TPSA) is 43.4 Å². The first-order chi connectivity index (χ1) is 13.2. The number of nitrogens with zero attached hydrogens (tertiary/aromatic N) is 1. The summed E-state index contributed by atoms with van der Waals surface area (Å²) in [7, 11) is 1.67. The van der Waals surface area contributed by atoms with Crippen molar-refractivity contribution < 1.29 is 9.47 Å². The molecule has 1 aromatic heterocycles. The predicted octanol–water partition coefficient (Wildman–Crippen LogP) is 5.72. The Labute approximate surface area is 178 Å². The normalized spacial score (nSPS) is 13.4. The second-order valence-corrected chi connectivity index (χ2v) is 7.19. The predicted molar refractivity (Wildman–Crippen MR) is 117 cm³/mol. The molecule has 152 valence electrons. The number of benzene rings is 1. The van der Waals surface area contributed by atoms with Crippen LogP contribution in [0, 0.1) is 0 Å². The van der Waals surface area contributed by atoms with Gasteiger partial charge < -0.3 is 14.8 Å². The second-order valence-electron chi connectivity index (χ2n) is 6.80. The fourth-order valence-electron chi connectivity index (χ4n) is 3.21. The van der Waals surface area contributed by atoms with Gasteiger partial charge in [0.2, 0.25) is 0 Å². The van der Waals surface area contributed by atoms with Crippen LogP contribution in [-0.4, -0.2) is 18.6 Å². The average molecular weight is 423 g/mol. The minimum absolute atomic E-state index is 0. The van der Waals surface area contributed by atoms with Crippen LogP contribution in [0.25, 0.3) is 0 Å². The summed E-state index contributed by atoms with van der Waals surface area (Å²) in [5, 5.41) is 4.00. The molecule has 3 rings (SSSR count). The quantitative estimate of drug-likeness (QED) is 0.318. The highest BCUT2D eigenvalue weighted by molar-refractivity contribution is 6.29. The molecule has 1 aromatic carbocycles. The van der Waals surface area contributed by atoms with Gasteiger partial charge in [-0.1, -0.05) is 35.4 Å². The number of methoxy groups -OCH3 is 1. The third-order valence-electron chi connectivity index (χ3n) is 4.75. The molecule has 0 radical (unpaired) electrons. The van der Waals surface area contributed by atoms with Gasteiger partial charge in [0.05, 0.1) is 7.11 Å². The smallest absolute Gasteiger partial charge is 0.161 e. The Kier molecular flexibility index (Phi) is 9.62. The first kappa shape index (κ1) is 22.5. The van der Waals surface area contributed by atoms with Crippen molar-refractivity contribution in [1.82, 2.24) is 10.3 Å². The van der Waals surface area contributed by atoms with E-state index < -0.39 is 0 Å². The molecule has 28 heavy (non-hydrogen) atoms. The standard InChI is InChI=1S/C22H27ClN2O2.ClH/c1-26-21-13-18(14-24-12-11-17-5-3-2-4-6-17)7-9-20(21)27-16-19-8-10-22(23)25-15-19;/h5,7-10,13,15,24H,2-4,6,11-12,14,16H2,1H3;1H. The number of hydrogen-bond donors (Lipinski definition) is 1. The van der Waals surface area contributed by atoms with Gasteiger partial charge in [-0.25, -0.2) is 4.98 Å². The van der Waals surface area contributed by atoms with E-state index in [1.54, 1.807) is 24.9 Å². The number of rotatable bonds is 9. The Hall–Kier alpha value is -1.75. The Bertz CT molecular complexity index is 764. The molecule has 1 N–H and O–H groups in total. The average Bonchev–Trinajstić information content (AvgIpc) is 2.72. The first-order valence-corrected chi connectivity index (χ1v) is 9.91. The Morgan fingerprint density at radius 3 is 2.68 bits per heavy atom. The van der Waals surface area contributed by atoms with E-state index in [1.807, 2.05) is 18.2 Å². The van der Waals surface area contributed by atoms with Crippen molar-refractivity contribution >= 4 is 24.0 Å². The summed E-state index contributed by atoms with van der Waals surface area (Å²) in [5.74, 6) is 1.47. The van der Waals surface area contributed by atoms with E-state index in [2.05, 4.69) is 22.4 Å². The van der Waals surface area contributed by atoms with Crippen molar-refractivity contribution in [2.75, 3.05) is 13.7 Å². The summed E-state index contributed by atoms with van der Waals surface area (Å²) in [5.41, 5.74) is 3.75. The van der Waals surface area contributed by atoms with E-state index in [-0.39, 0.29) is 12.4 Å². The zero-order valence-electron chi connectivity index (χ0n) is 16.2. The molecule has 1 heterocycles. The van der Waals surface area contributed by atoms with Crippen molar-refractivity contribution in [3.8, 4) is 11.5 Å². The van der Waals surface area contributed by atoms with Crippen molar-refractivity contribution in [1.29, 1.82) is 0 Å². The maximum absolute atomic E-state index is 5.88. The molecule has 0 aliphatic heterocycles.